The largest absolute Gasteiger partial charge is 0.356 e. The first kappa shape index (κ1) is 18.2. The SMILES string of the molecule is Cl.O=C(NCCCc1nc2c(s1)CCCC2)C1CC12CCNCC2. The molecule has 4 nitrogen and oxygen atoms in total. The number of aromatic nitrogens is 1. The Morgan fingerprint density at radius 1 is 1.29 bits per heavy atom. The Kier molecular flexibility index (Phi) is 5.83. The average Bonchev–Trinajstić information content (AvgIpc) is 3.09. The maximum atomic E-state index is 12.3. The van der Waals surface area contributed by atoms with Crippen LogP contribution in [0.3, 0.4) is 0 Å². The van der Waals surface area contributed by atoms with Crippen LogP contribution in [0.1, 0.15) is 54.1 Å². The van der Waals surface area contributed by atoms with Crippen LogP contribution in [0.25, 0.3) is 0 Å². The predicted molar refractivity (Wildman–Crippen MR) is 100.0 cm³/mol. The van der Waals surface area contributed by atoms with Gasteiger partial charge in [-0.3, -0.25) is 4.79 Å². The van der Waals surface area contributed by atoms with E-state index in [0.717, 1.165) is 38.9 Å². The Labute approximate surface area is 154 Å². The van der Waals surface area contributed by atoms with Gasteiger partial charge in [-0.05, 0) is 69.9 Å². The van der Waals surface area contributed by atoms with Gasteiger partial charge in [0.2, 0.25) is 5.91 Å². The lowest BCUT2D eigenvalue weighted by Gasteiger charge is -2.23. The van der Waals surface area contributed by atoms with Gasteiger partial charge >= 0.3 is 0 Å². The molecule has 0 bridgehead atoms. The van der Waals surface area contributed by atoms with Gasteiger partial charge < -0.3 is 10.6 Å². The van der Waals surface area contributed by atoms with E-state index in [1.807, 2.05) is 11.3 Å². The number of amides is 1. The summed E-state index contributed by atoms with van der Waals surface area (Å²) in [6, 6.07) is 0. The van der Waals surface area contributed by atoms with E-state index in [0.29, 0.717) is 11.3 Å². The molecule has 0 aromatic carbocycles. The van der Waals surface area contributed by atoms with Crippen LogP contribution in [0.2, 0.25) is 0 Å². The van der Waals surface area contributed by atoms with Gasteiger partial charge in [-0.15, -0.1) is 23.7 Å². The number of halogens is 1. The third-order valence-electron chi connectivity index (χ3n) is 5.86. The fourth-order valence-corrected chi connectivity index (χ4v) is 5.48. The van der Waals surface area contributed by atoms with Crippen LogP contribution < -0.4 is 10.6 Å². The number of carbonyl (C=O) groups is 1. The number of nitrogens with one attached hydrogen (secondary N) is 2. The molecule has 1 saturated heterocycles. The van der Waals surface area contributed by atoms with Crippen LogP contribution >= 0.6 is 23.7 Å². The zero-order valence-corrected chi connectivity index (χ0v) is 15.9. The Balaban J connectivity index is 0.00000169. The number of hydrogen-bond acceptors (Lipinski definition) is 4. The highest BCUT2D eigenvalue weighted by molar-refractivity contribution is 7.11. The first-order valence-corrected chi connectivity index (χ1v) is 10.0. The van der Waals surface area contributed by atoms with Crippen molar-refractivity contribution in [3.05, 3.63) is 15.6 Å². The average molecular weight is 370 g/mol. The Bertz CT molecular complexity index is 559. The first-order valence-electron chi connectivity index (χ1n) is 9.23. The summed E-state index contributed by atoms with van der Waals surface area (Å²) in [4.78, 5) is 18.6. The third kappa shape index (κ3) is 3.78. The molecule has 1 spiro atoms. The van der Waals surface area contributed by atoms with Crippen molar-refractivity contribution in [1.82, 2.24) is 15.6 Å². The number of fused-ring (bicyclic) bond motifs is 1. The maximum absolute atomic E-state index is 12.3. The van der Waals surface area contributed by atoms with Crippen LogP contribution in [0.4, 0.5) is 0 Å². The Morgan fingerprint density at radius 2 is 2.08 bits per heavy atom. The molecule has 134 valence electrons. The summed E-state index contributed by atoms with van der Waals surface area (Å²) in [5, 5.41) is 7.83. The number of aryl methyl sites for hydroxylation is 3. The quantitative estimate of drug-likeness (QED) is 0.784. The van der Waals surface area contributed by atoms with Gasteiger partial charge in [-0.25, -0.2) is 4.98 Å². The second-order valence-electron chi connectivity index (χ2n) is 7.45. The van der Waals surface area contributed by atoms with Crippen LogP contribution in [-0.4, -0.2) is 30.5 Å². The highest BCUT2D eigenvalue weighted by Crippen LogP contribution is 2.58. The Hall–Kier alpha value is -0.650. The molecular weight excluding hydrogens is 342 g/mol. The van der Waals surface area contributed by atoms with Gasteiger partial charge in [-0.1, -0.05) is 0 Å². The Morgan fingerprint density at radius 3 is 2.88 bits per heavy atom. The van der Waals surface area contributed by atoms with Crippen molar-refractivity contribution in [2.24, 2.45) is 11.3 Å². The van der Waals surface area contributed by atoms with E-state index in [9.17, 15) is 4.79 Å². The smallest absolute Gasteiger partial charge is 0.223 e. The minimum atomic E-state index is 0. The molecule has 0 radical (unpaired) electrons. The molecule has 6 heteroatoms. The van der Waals surface area contributed by atoms with E-state index >= 15 is 0 Å². The molecule has 2 fully saturated rings. The summed E-state index contributed by atoms with van der Waals surface area (Å²) < 4.78 is 0. The fourth-order valence-electron chi connectivity index (χ4n) is 4.28. The zero-order chi connectivity index (χ0) is 15.7. The minimum absolute atomic E-state index is 0. The van der Waals surface area contributed by atoms with Gasteiger partial charge in [0.15, 0.2) is 0 Å². The number of rotatable bonds is 5. The summed E-state index contributed by atoms with van der Waals surface area (Å²) >= 11 is 1.90. The molecule has 1 aliphatic heterocycles. The molecule has 1 saturated carbocycles. The summed E-state index contributed by atoms with van der Waals surface area (Å²) in [5.74, 6) is 0.585. The van der Waals surface area contributed by atoms with E-state index in [4.69, 9.17) is 4.98 Å². The number of thiazole rings is 1. The van der Waals surface area contributed by atoms with Gasteiger partial charge in [0.1, 0.15) is 0 Å². The second kappa shape index (κ2) is 7.71. The second-order valence-corrected chi connectivity index (χ2v) is 8.62. The van der Waals surface area contributed by atoms with Gasteiger partial charge in [0.25, 0.3) is 0 Å². The lowest BCUT2D eigenvalue weighted by atomic mass is 9.92. The molecule has 4 rings (SSSR count). The van der Waals surface area contributed by atoms with Crippen molar-refractivity contribution in [2.75, 3.05) is 19.6 Å². The highest BCUT2D eigenvalue weighted by atomic mass is 35.5. The predicted octanol–water partition coefficient (Wildman–Crippen LogP) is 2.88. The van der Waals surface area contributed by atoms with Crippen molar-refractivity contribution in [3.8, 4) is 0 Å². The molecule has 2 N–H and O–H groups in total. The van der Waals surface area contributed by atoms with E-state index in [1.165, 1.54) is 54.1 Å². The van der Waals surface area contributed by atoms with Crippen molar-refractivity contribution in [2.45, 2.75) is 57.8 Å². The van der Waals surface area contributed by atoms with Gasteiger partial charge in [0.05, 0.1) is 10.7 Å². The van der Waals surface area contributed by atoms with Crippen LogP contribution in [0, 0.1) is 11.3 Å². The molecular formula is C18H28ClN3OS. The molecule has 1 unspecified atom stereocenters. The van der Waals surface area contributed by atoms with Crippen LogP contribution in [-0.2, 0) is 24.1 Å². The molecule has 3 aliphatic rings. The highest BCUT2D eigenvalue weighted by Gasteiger charge is 2.57. The molecule has 24 heavy (non-hydrogen) atoms. The molecule has 1 aromatic rings. The van der Waals surface area contributed by atoms with Crippen LogP contribution in [0.5, 0.6) is 0 Å². The standard InChI is InChI=1S/C18H27N3OS.ClH/c22-17(13-12-18(13)7-10-19-11-8-18)20-9-3-6-16-21-14-4-1-2-5-15(14)23-16;/h13,19H,1-12H2,(H,20,22);1H. The van der Waals surface area contributed by atoms with Crippen molar-refractivity contribution >= 4 is 29.7 Å². The summed E-state index contributed by atoms with van der Waals surface area (Å²) in [6.45, 7) is 2.96. The molecule has 1 amide bonds. The number of piperidine rings is 1. The maximum Gasteiger partial charge on any atom is 0.223 e. The first-order chi connectivity index (χ1) is 11.3. The number of nitrogens with zero attached hydrogens (tertiary/aromatic N) is 1. The van der Waals surface area contributed by atoms with Crippen molar-refractivity contribution in [3.63, 3.8) is 0 Å². The number of carbonyl (C=O) groups excluding carboxylic acids is 1. The normalized spacial score (nSPS) is 24.1. The van der Waals surface area contributed by atoms with E-state index in [1.54, 1.807) is 0 Å². The van der Waals surface area contributed by atoms with Crippen molar-refractivity contribution < 1.29 is 4.79 Å². The fraction of sp³-hybridized carbons (Fsp3) is 0.778. The molecule has 1 atom stereocenters. The molecule has 2 heterocycles. The monoisotopic (exact) mass is 369 g/mol. The van der Waals surface area contributed by atoms with E-state index in [2.05, 4.69) is 10.6 Å². The summed E-state index contributed by atoms with van der Waals surface area (Å²) in [7, 11) is 0. The van der Waals surface area contributed by atoms with E-state index in [-0.39, 0.29) is 18.3 Å². The van der Waals surface area contributed by atoms with Gasteiger partial charge in [0, 0.05) is 23.8 Å². The third-order valence-corrected chi connectivity index (χ3v) is 7.08. The number of hydrogen-bond donors (Lipinski definition) is 2. The molecule has 2 aliphatic carbocycles. The topological polar surface area (TPSA) is 54.0 Å². The van der Waals surface area contributed by atoms with E-state index < -0.39 is 0 Å². The zero-order valence-electron chi connectivity index (χ0n) is 14.2. The minimum Gasteiger partial charge on any atom is -0.356 e. The summed E-state index contributed by atoms with van der Waals surface area (Å²) in [6.07, 6.45) is 10.5. The lowest BCUT2D eigenvalue weighted by molar-refractivity contribution is -0.123. The lowest BCUT2D eigenvalue weighted by Crippen LogP contribution is -2.34. The van der Waals surface area contributed by atoms with Gasteiger partial charge in [-0.2, -0.15) is 0 Å². The van der Waals surface area contributed by atoms with Crippen molar-refractivity contribution in [1.29, 1.82) is 0 Å². The molecule has 1 aromatic heterocycles. The van der Waals surface area contributed by atoms with Crippen LogP contribution in [0.15, 0.2) is 0 Å². The summed E-state index contributed by atoms with van der Waals surface area (Å²) in [5.41, 5.74) is 1.70.